The first-order chi connectivity index (χ1) is 10.0. The fraction of sp³-hybridized carbons (Fsp3) is 0.368. The Bertz CT molecular complexity index is 567. The molecule has 0 aliphatic rings. The van der Waals surface area contributed by atoms with E-state index in [1.165, 1.54) is 22.4 Å². The van der Waals surface area contributed by atoms with Crippen molar-refractivity contribution in [3.8, 4) is 0 Å². The normalized spacial score (nSPS) is 11.4. The molecule has 0 bridgehead atoms. The Morgan fingerprint density at radius 2 is 1.52 bits per heavy atom. The average Bonchev–Trinajstić information content (AvgIpc) is 2.46. The Labute approximate surface area is 128 Å². The number of ether oxygens (including phenoxy) is 1. The van der Waals surface area contributed by atoms with Crippen molar-refractivity contribution in [2.75, 3.05) is 12.4 Å². The number of para-hydroxylation sites is 1. The minimum Gasteiger partial charge on any atom is -0.381 e. The standard InChI is InChI=1S/C19H25NO/c1-19(2,3)17-7-5-6-8-18(17)20-13-15-9-11-16(12-10-15)14-21-4/h5-12,20H,13-14H2,1-4H3. The Morgan fingerprint density at radius 3 is 2.14 bits per heavy atom. The second kappa shape index (κ2) is 6.77. The van der Waals surface area contributed by atoms with Crippen LogP contribution in [-0.4, -0.2) is 7.11 Å². The topological polar surface area (TPSA) is 21.3 Å². The molecule has 2 heteroatoms. The molecule has 0 radical (unpaired) electrons. The van der Waals surface area contributed by atoms with Crippen molar-refractivity contribution in [2.24, 2.45) is 0 Å². The van der Waals surface area contributed by atoms with Gasteiger partial charge in [-0.25, -0.2) is 0 Å². The van der Waals surface area contributed by atoms with Gasteiger partial charge in [0.2, 0.25) is 0 Å². The van der Waals surface area contributed by atoms with Crippen LogP contribution >= 0.6 is 0 Å². The van der Waals surface area contributed by atoms with E-state index in [2.05, 4.69) is 74.6 Å². The van der Waals surface area contributed by atoms with Crippen molar-refractivity contribution in [1.29, 1.82) is 0 Å². The average molecular weight is 283 g/mol. The fourth-order valence-corrected chi connectivity index (χ4v) is 2.41. The number of methoxy groups -OCH3 is 1. The number of benzene rings is 2. The molecular weight excluding hydrogens is 258 g/mol. The monoisotopic (exact) mass is 283 g/mol. The molecule has 0 atom stereocenters. The summed E-state index contributed by atoms with van der Waals surface area (Å²) in [6.45, 7) is 8.23. The summed E-state index contributed by atoms with van der Waals surface area (Å²) in [5.41, 5.74) is 5.19. The molecule has 2 rings (SSSR count). The second-order valence-corrected chi connectivity index (χ2v) is 6.40. The summed E-state index contributed by atoms with van der Waals surface area (Å²) in [5.74, 6) is 0. The molecule has 2 aromatic rings. The fourth-order valence-electron chi connectivity index (χ4n) is 2.41. The smallest absolute Gasteiger partial charge is 0.0713 e. The molecule has 0 aliphatic heterocycles. The van der Waals surface area contributed by atoms with Crippen molar-refractivity contribution in [1.82, 2.24) is 0 Å². The molecule has 0 heterocycles. The maximum absolute atomic E-state index is 5.13. The summed E-state index contributed by atoms with van der Waals surface area (Å²) >= 11 is 0. The first kappa shape index (κ1) is 15.6. The summed E-state index contributed by atoms with van der Waals surface area (Å²) in [6.07, 6.45) is 0. The molecule has 1 N–H and O–H groups in total. The molecule has 0 saturated carbocycles. The van der Waals surface area contributed by atoms with Gasteiger partial charge in [-0.2, -0.15) is 0 Å². The van der Waals surface area contributed by atoms with Gasteiger partial charge in [0.1, 0.15) is 0 Å². The molecule has 0 amide bonds. The van der Waals surface area contributed by atoms with Gasteiger partial charge in [0.15, 0.2) is 0 Å². The highest BCUT2D eigenvalue weighted by Crippen LogP contribution is 2.29. The summed E-state index contributed by atoms with van der Waals surface area (Å²) in [5, 5.41) is 3.56. The highest BCUT2D eigenvalue weighted by atomic mass is 16.5. The van der Waals surface area contributed by atoms with E-state index in [1.54, 1.807) is 7.11 Å². The Kier molecular flexibility index (Phi) is 5.03. The van der Waals surface area contributed by atoms with E-state index in [0.717, 1.165) is 6.54 Å². The number of anilines is 1. The first-order valence-electron chi connectivity index (χ1n) is 7.41. The molecule has 112 valence electrons. The number of rotatable bonds is 5. The number of hydrogen-bond donors (Lipinski definition) is 1. The van der Waals surface area contributed by atoms with Crippen LogP contribution in [0.5, 0.6) is 0 Å². The number of hydrogen-bond acceptors (Lipinski definition) is 2. The third-order valence-electron chi connectivity index (χ3n) is 3.55. The van der Waals surface area contributed by atoms with Gasteiger partial charge in [-0.1, -0.05) is 63.2 Å². The van der Waals surface area contributed by atoms with Crippen LogP contribution in [0.1, 0.15) is 37.5 Å². The van der Waals surface area contributed by atoms with Crippen LogP contribution in [0.25, 0.3) is 0 Å². The molecule has 0 unspecified atom stereocenters. The van der Waals surface area contributed by atoms with Crippen molar-refractivity contribution in [3.63, 3.8) is 0 Å². The lowest BCUT2D eigenvalue weighted by atomic mass is 9.86. The van der Waals surface area contributed by atoms with Gasteiger partial charge >= 0.3 is 0 Å². The quantitative estimate of drug-likeness (QED) is 0.855. The van der Waals surface area contributed by atoms with Crippen molar-refractivity contribution in [2.45, 2.75) is 39.3 Å². The second-order valence-electron chi connectivity index (χ2n) is 6.40. The van der Waals surface area contributed by atoms with Crippen LogP contribution in [0.2, 0.25) is 0 Å². The van der Waals surface area contributed by atoms with E-state index in [4.69, 9.17) is 4.74 Å². The van der Waals surface area contributed by atoms with Crippen LogP contribution in [-0.2, 0) is 23.3 Å². The van der Waals surface area contributed by atoms with Gasteiger partial charge in [-0.05, 0) is 28.2 Å². The van der Waals surface area contributed by atoms with Crippen LogP contribution in [0, 0.1) is 0 Å². The largest absolute Gasteiger partial charge is 0.381 e. The molecular formula is C19H25NO. The van der Waals surface area contributed by atoms with E-state index >= 15 is 0 Å². The highest BCUT2D eigenvalue weighted by molar-refractivity contribution is 5.54. The Morgan fingerprint density at radius 1 is 0.905 bits per heavy atom. The lowest BCUT2D eigenvalue weighted by molar-refractivity contribution is 0.185. The van der Waals surface area contributed by atoms with E-state index in [1.807, 2.05) is 0 Å². The zero-order valence-electron chi connectivity index (χ0n) is 13.4. The van der Waals surface area contributed by atoms with Crippen LogP contribution in [0.4, 0.5) is 5.69 Å². The van der Waals surface area contributed by atoms with Gasteiger partial charge in [0.05, 0.1) is 6.61 Å². The minimum atomic E-state index is 0.145. The van der Waals surface area contributed by atoms with Gasteiger partial charge in [0, 0.05) is 19.3 Å². The van der Waals surface area contributed by atoms with Crippen molar-refractivity contribution < 1.29 is 4.74 Å². The summed E-state index contributed by atoms with van der Waals surface area (Å²) in [4.78, 5) is 0. The maximum atomic E-state index is 5.13. The predicted octanol–water partition coefficient (Wildman–Crippen LogP) is 4.74. The molecule has 2 aromatic carbocycles. The zero-order valence-corrected chi connectivity index (χ0v) is 13.4. The molecule has 0 fully saturated rings. The van der Waals surface area contributed by atoms with E-state index in [-0.39, 0.29) is 5.41 Å². The molecule has 0 spiro atoms. The summed E-state index contributed by atoms with van der Waals surface area (Å²) in [7, 11) is 1.72. The summed E-state index contributed by atoms with van der Waals surface area (Å²) < 4.78 is 5.13. The van der Waals surface area contributed by atoms with E-state index < -0.39 is 0 Å². The lowest BCUT2D eigenvalue weighted by Crippen LogP contribution is -2.14. The van der Waals surface area contributed by atoms with Gasteiger partial charge in [-0.3, -0.25) is 0 Å². The SMILES string of the molecule is COCc1ccc(CNc2ccccc2C(C)(C)C)cc1. The highest BCUT2D eigenvalue weighted by Gasteiger charge is 2.16. The molecule has 21 heavy (non-hydrogen) atoms. The van der Waals surface area contributed by atoms with Gasteiger partial charge in [0.25, 0.3) is 0 Å². The molecule has 2 nitrogen and oxygen atoms in total. The number of nitrogens with one attached hydrogen (secondary N) is 1. The lowest BCUT2D eigenvalue weighted by Gasteiger charge is -2.23. The third kappa shape index (κ3) is 4.33. The van der Waals surface area contributed by atoms with Crippen molar-refractivity contribution in [3.05, 3.63) is 65.2 Å². The maximum Gasteiger partial charge on any atom is 0.0713 e. The molecule has 0 saturated heterocycles. The summed E-state index contributed by atoms with van der Waals surface area (Å²) in [6, 6.07) is 17.1. The first-order valence-corrected chi connectivity index (χ1v) is 7.41. The van der Waals surface area contributed by atoms with Crippen LogP contribution < -0.4 is 5.32 Å². The minimum absolute atomic E-state index is 0.145. The van der Waals surface area contributed by atoms with Gasteiger partial charge in [-0.15, -0.1) is 0 Å². The Balaban J connectivity index is 2.06. The molecule has 0 aromatic heterocycles. The van der Waals surface area contributed by atoms with Crippen molar-refractivity contribution >= 4 is 5.69 Å². The third-order valence-corrected chi connectivity index (χ3v) is 3.55. The van der Waals surface area contributed by atoms with E-state index in [9.17, 15) is 0 Å². The zero-order chi connectivity index (χ0) is 15.3. The van der Waals surface area contributed by atoms with Gasteiger partial charge < -0.3 is 10.1 Å². The predicted molar refractivity (Wildman–Crippen MR) is 89.6 cm³/mol. The van der Waals surface area contributed by atoms with Crippen LogP contribution in [0.3, 0.4) is 0 Å². The van der Waals surface area contributed by atoms with Crippen LogP contribution in [0.15, 0.2) is 48.5 Å². The van der Waals surface area contributed by atoms with E-state index in [0.29, 0.717) is 6.61 Å². The molecule has 0 aliphatic carbocycles. The Hall–Kier alpha value is -1.80.